The molecule has 0 aliphatic carbocycles. The highest BCUT2D eigenvalue weighted by atomic mass is 32.1. The maximum absolute atomic E-state index is 12.5. The van der Waals surface area contributed by atoms with Crippen LogP contribution in [0.15, 0.2) is 29.3 Å². The van der Waals surface area contributed by atoms with Crippen molar-refractivity contribution in [2.24, 2.45) is 12.0 Å². The molecule has 3 rings (SSSR count). The molecular formula is C18H20N4O3S. The Labute approximate surface area is 154 Å². The van der Waals surface area contributed by atoms with Crippen molar-refractivity contribution in [3.05, 3.63) is 46.0 Å². The number of ether oxygens (including phenoxy) is 1. The number of aromatic nitrogens is 3. The van der Waals surface area contributed by atoms with Gasteiger partial charge in [0, 0.05) is 19.3 Å². The van der Waals surface area contributed by atoms with Gasteiger partial charge in [0.25, 0.3) is 5.91 Å². The number of carbonyl (C=O) groups is 2. The zero-order chi connectivity index (χ0) is 18.8. The lowest BCUT2D eigenvalue weighted by molar-refractivity contribution is 0.0526. The molecular weight excluding hydrogens is 352 g/mol. The number of aryl methyl sites for hydroxylation is 3. The first-order valence-corrected chi connectivity index (χ1v) is 9.16. The van der Waals surface area contributed by atoms with Crippen molar-refractivity contribution in [3.8, 4) is 0 Å². The number of rotatable bonds is 4. The fourth-order valence-electron chi connectivity index (χ4n) is 2.61. The summed E-state index contributed by atoms with van der Waals surface area (Å²) in [5.41, 5.74) is 2.62. The third kappa shape index (κ3) is 3.32. The molecule has 1 aromatic carbocycles. The van der Waals surface area contributed by atoms with Gasteiger partial charge >= 0.3 is 5.97 Å². The summed E-state index contributed by atoms with van der Waals surface area (Å²) in [5, 5.41) is 4.18. The minimum Gasteiger partial charge on any atom is -0.462 e. The molecule has 0 saturated carbocycles. The van der Waals surface area contributed by atoms with Gasteiger partial charge in [-0.15, -0.1) is 0 Å². The summed E-state index contributed by atoms with van der Waals surface area (Å²) in [6, 6.07) is 7.08. The van der Waals surface area contributed by atoms with Crippen LogP contribution in [0.1, 0.15) is 40.4 Å². The van der Waals surface area contributed by atoms with Crippen LogP contribution in [-0.2, 0) is 18.3 Å². The van der Waals surface area contributed by atoms with Gasteiger partial charge in [-0.05, 0) is 45.0 Å². The number of nitrogens with zero attached hydrogens (tertiary/aromatic N) is 4. The Morgan fingerprint density at radius 3 is 2.65 bits per heavy atom. The molecule has 8 heteroatoms. The topological polar surface area (TPSA) is 78.5 Å². The fraction of sp³-hybridized carbons (Fsp3) is 0.333. The van der Waals surface area contributed by atoms with Crippen molar-refractivity contribution in [1.29, 1.82) is 0 Å². The molecule has 7 nitrogen and oxygen atoms in total. The lowest BCUT2D eigenvalue weighted by Gasteiger charge is -2.03. The van der Waals surface area contributed by atoms with Gasteiger partial charge in [0.2, 0.25) is 0 Å². The van der Waals surface area contributed by atoms with E-state index in [1.54, 1.807) is 36.9 Å². The molecule has 0 aliphatic rings. The van der Waals surface area contributed by atoms with E-state index in [2.05, 4.69) is 10.1 Å². The largest absolute Gasteiger partial charge is 0.462 e. The SMILES string of the molecule is CCOC(=O)c1ccc2c(c1)sc(=NC(=O)c1cc(C)n(C)n1)n2CC. The molecule has 0 aliphatic heterocycles. The second-order valence-electron chi connectivity index (χ2n) is 5.74. The molecule has 26 heavy (non-hydrogen) atoms. The molecule has 0 N–H and O–H groups in total. The predicted octanol–water partition coefficient (Wildman–Crippen LogP) is 2.68. The van der Waals surface area contributed by atoms with Crippen molar-refractivity contribution in [2.45, 2.75) is 27.3 Å². The predicted molar refractivity (Wildman–Crippen MR) is 99.3 cm³/mol. The van der Waals surface area contributed by atoms with Crippen molar-refractivity contribution >= 4 is 33.4 Å². The van der Waals surface area contributed by atoms with E-state index in [0.717, 1.165) is 15.9 Å². The summed E-state index contributed by atoms with van der Waals surface area (Å²) in [7, 11) is 1.79. The molecule has 2 heterocycles. The Morgan fingerprint density at radius 2 is 2.04 bits per heavy atom. The molecule has 3 aromatic rings. The molecule has 0 unspecified atom stereocenters. The first-order valence-electron chi connectivity index (χ1n) is 8.34. The van der Waals surface area contributed by atoms with Crippen molar-refractivity contribution in [2.75, 3.05) is 6.61 Å². The second-order valence-corrected chi connectivity index (χ2v) is 6.75. The first kappa shape index (κ1) is 18.1. The number of benzene rings is 1. The van der Waals surface area contributed by atoms with E-state index < -0.39 is 0 Å². The molecule has 0 atom stereocenters. The van der Waals surface area contributed by atoms with Crippen LogP contribution in [0.4, 0.5) is 0 Å². The molecule has 0 fully saturated rings. The maximum Gasteiger partial charge on any atom is 0.338 e. The summed E-state index contributed by atoms with van der Waals surface area (Å²) in [6.45, 7) is 6.63. The van der Waals surface area contributed by atoms with Gasteiger partial charge in [0.15, 0.2) is 10.5 Å². The van der Waals surface area contributed by atoms with Crippen LogP contribution in [0, 0.1) is 6.92 Å². The van der Waals surface area contributed by atoms with Crippen LogP contribution < -0.4 is 4.80 Å². The molecule has 136 valence electrons. The number of hydrogen-bond donors (Lipinski definition) is 0. The number of amides is 1. The van der Waals surface area contributed by atoms with Crippen LogP contribution in [0.3, 0.4) is 0 Å². The van der Waals surface area contributed by atoms with Crippen LogP contribution in [-0.4, -0.2) is 32.8 Å². The van der Waals surface area contributed by atoms with Gasteiger partial charge in [-0.2, -0.15) is 10.1 Å². The Balaban J connectivity index is 2.07. The summed E-state index contributed by atoms with van der Waals surface area (Å²) < 4.78 is 9.52. The summed E-state index contributed by atoms with van der Waals surface area (Å²) in [5.74, 6) is -0.738. The minimum absolute atomic E-state index is 0.317. The summed E-state index contributed by atoms with van der Waals surface area (Å²) in [6.07, 6.45) is 0. The van der Waals surface area contributed by atoms with Gasteiger partial charge in [-0.3, -0.25) is 9.48 Å². The number of esters is 1. The lowest BCUT2D eigenvalue weighted by atomic mass is 10.2. The van der Waals surface area contributed by atoms with E-state index in [1.807, 2.05) is 24.5 Å². The molecule has 0 bridgehead atoms. The van der Waals surface area contributed by atoms with E-state index in [9.17, 15) is 9.59 Å². The normalized spacial score (nSPS) is 11.9. The van der Waals surface area contributed by atoms with E-state index in [1.165, 1.54) is 11.3 Å². The Morgan fingerprint density at radius 1 is 1.27 bits per heavy atom. The highest BCUT2D eigenvalue weighted by molar-refractivity contribution is 7.16. The second kappa shape index (κ2) is 7.25. The van der Waals surface area contributed by atoms with Gasteiger partial charge in [0.05, 0.1) is 22.4 Å². The van der Waals surface area contributed by atoms with Crippen LogP contribution in [0.25, 0.3) is 10.2 Å². The van der Waals surface area contributed by atoms with Crippen LogP contribution >= 0.6 is 11.3 Å². The molecule has 0 radical (unpaired) electrons. The molecule has 0 spiro atoms. The highest BCUT2D eigenvalue weighted by Crippen LogP contribution is 2.20. The Bertz CT molecular complexity index is 1040. The third-order valence-electron chi connectivity index (χ3n) is 4.04. The number of thiazole rings is 1. The van der Waals surface area contributed by atoms with Crippen molar-refractivity contribution < 1.29 is 14.3 Å². The maximum atomic E-state index is 12.5. The van der Waals surface area contributed by atoms with Gasteiger partial charge in [-0.25, -0.2) is 4.79 Å². The smallest absolute Gasteiger partial charge is 0.338 e. The van der Waals surface area contributed by atoms with Crippen molar-refractivity contribution in [1.82, 2.24) is 14.3 Å². The fourth-order valence-corrected chi connectivity index (χ4v) is 3.75. The minimum atomic E-state index is -0.381. The highest BCUT2D eigenvalue weighted by Gasteiger charge is 2.14. The zero-order valence-electron chi connectivity index (χ0n) is 15.1. The van der Waals surface area contributed by atoms with Gasteiger partial charge in [-0.1, -0.05) is 11.3 Å². The average molecular weight is 372 g/mol. The lowest BCUT2D eigenvalue weighted by Crippen LogP contribution is -2.16. The van der Waals surface area contributed by atoms with Crippen LogP contribution in [0.5, 0.6) is 0 Å². The number of carbonyl (C=O) groups excluding carboxylic acids is 2. The van der Waals surface area contributed by atoms with E-state index in [0.29, 0.717) is 29.2 Å². The summed E-state index contributed by atoms with van der Waals surface area (Å²) in [4.78, 5) is 29.2. The van der Waals surface area contributed by atoms with E-state index in [4.69, 9.17) is 4.74 Å². The van der Waals surface area contributed by atoms with Gasteiger partial charge < -0.3 is 9.30 Å². The Kier molecular flexibility index (Phi) is 5.03. The van der Waals surface area contributed by atoms with Crippen LogP contribution in [0.2, 0.25) is 0 Å². The summed E-state index contributed by atoms with van der Waals surface area (Å²) >= 11 is 1.37. The first-order chi connectivity index (χ1) is 12.4. The molecule has 0 saturated heterocycles. The molecule has 2 aromatic heterocycles. The van der Waals surface area contributed by atoms with Gasteiger partial charge in [0.1, 0.15) is 0 Å². The van der Waals surface area contributed by atoms with E-state index in [-0.39, 0.29) is 11.9 Å². The number of hydrogen-bond acceptors (Lipinski definition) is 5. The standard InChI is InChI=1S/C18H20N4O3S/c1-5-22-14-8-7-12(17(24)25-6-2)10-15(14)26-18(22)19-16(23)13-9-11(3)21(4)20-13/h7-10H,5-6H2,1-4H3. The average Bonchev–Trinajstić information content (AvgIpc) is 3.13. The quantitative estimate of drug-likeness (QED) is 0.660. The third-order valence-corrected chi connectivity index (χ3v) is 5.08. The zero-order valence-corrected chi connectivity index (χ0v) is 16.0. The molecule has 1 amide bonds. The Hall–Kier alpha value is -2.74. The van der Waals surface area contributed by atoms with Crippen molar-refractivity contribution in [3.63, 3.8) is 0 Å². The van der Waals surface area contributed by atoms with E-state index >= 15 is 0 Å². The number of fused-ring (bicyclic) bond motifs is 1. The monoisotopic (exact) mass is 372 g/mol.